The molecule has 0 radical (unpaired) electrons. The van der Waals surface area contributed by atoms with E-state index >= 15 is 0 Å². The Morgan fingerprint density at radius 1 is 0.967 bits per heavy atom. The molecule has 4 rings (SSSR count). The van der Waals surface area contributed by atoms with Crippen LogP contribution < -0.4 is 5.32 Å². The van der Waals surface area contributed by atoms with Gasteiger partial charge in [-0.1, -0.05) is 42.5 Å². The summed E-state index contributed by atoms with van der Waals surface area (Å²) >= 11 is 0. The minimum absolute atomic E-state index is 0.0799. The van der Waals surface area contributed by atoms with Crippen molar-refractivity contribution < 1.29 is 9.90 Å². The van der Waals surface area contributed by atoms with Crippen LogP contribution in [-0.2, 0) is 4.79 Å². The molecule has 0 spiro atoms. The Hall–Kier alpha value is -3.93. The van der Waals surface area contributed by atoms with Crippen molar-refractivity contribution in [1.82, 2.24) is 0 Å². The molecule has 146 valence electrons. The van der Waals surface area contributed by atoms with Crippen molar-refractivity contribution >= 4 is 11.6 Å². The summed E-state index contributed by atoms with van der Waals surface area (Å²) in [4.78, 5) is 12.8. The maximum Gasteiger partial charge on any atom is 0.228 e. The number of amides is 1. The molecule has 0 aromatic heterocycles. The predicted molar refractivity (Wildman–Crippen MR) is 113 cm³/mol. The summed E-state index contributed by atoms with van der Waals surface area (Å²) in [5, 5.41) is 31.0. The molecule has 0 aliphatic heterocycles. The SMILES string of the molecule is N#Cc1cccc([C@H]2C(CO)[C@H]2C(=O)Nc2ccc(-c3ccccc3C#N)cc2)c1. The molecule has 1 saturated carbocycles. The van der Waals surface area contributed by atoms with Gasteiger partial charge in [0, 0.05) is 24.1 Å². The molecule has 30 heavy (non-hydrogen) atoms. The van der Waals surface area contributed by atoms with E-state index in [4.69, 9.17) is 5.26 Å². The van der Waals surface area contributed by atoms with Crippen LogP contribution >= 0.6 is 0 Å². The number of carbonyl (C=O) groups is 1. The Bertz CT molecular complexity index is 1170. The highest BCUT2D eigenvalue weighted by molar-refractivity contribution is 5.96. The van der Waals surface area contributed by atoms with Gasteiger partial charge in [0.05, 0.1) is 29.2 Å². The fourth-order valence-corrected chi connectivity index (χ4v) is 4.02. The number of nitrogens with one attached hydrogen (secondary N) is 1. The predicted octanol–water partition coefficient (Wildman–Crippen LogP) is 4.06. The molecule has 1 aliphatic rings. The molecule has 1 unspecified atom stereocenters. The smallest absolute Gasteiger partial charge is 0.228 e. The lowest BCUT2D eigenvalue weighted by molar-refractivity contribution is -0.117. The van der Waals surface area contributed by atoms with E-state index in [9.17, 15) is 15.2 Å². The third-order valence-corrected chi connectivity index (χ3v) is 5.59. The summed E-state index contributed by atoms with van der Waals surface area (Å²) in [6.45, 7) is -0.0799. The van der Waals surface area contributed by atoms with E-state index in [2.05, 4.69) is 17.5 Å². The van der Waals surface area contributed by atoms with Gasteiger partial charge in [-0.15, -0.1) is 0 Å². The summed E-state index contributed by atoms with van der Waals surface area (Å²) in [5.74, 6) is -0.722. The van der Waals surface area contributed by atoms with Crippen LogP contribution in [0.1, 0.15) is 22.6 Å². The van der Waals surface area contributed by atoms with E-state index in [-0.39, 0.29) is 30.3 Å². The number of nitrogens with zero attached hydrogens (tertiary/aromatic N) is 2. The number of nitriles is 2. The van der Waals surface area contributed by atoms with Gasteiger partial charge in [-0.25, -0.2) is 0 Å². The van der Waals surface area contributed by atoms with Crippen LogP contribution in [0.5, 0.6) is 0 Å². The monoisotopic (exact) mass is 393 g/mol. The van der Waals surface area contributed by atoms with E-state index in [0.29, 0.717) is 16.8 Å². The number of rotatable bonds is 5. The Morgan fingerprint density at radius 2 is 1.73 bits per heavy atom. The number of hydrogen-bond donors (Lipinski definition) is 2. The van der Waals surface area contributed by atoms with Crippen molar-refractivity contribution in [2.45, 2.75) is 5.92 Å². The zero-order valence-electron chi connectivity index (χ0n) is 16.1. The highest BCUT2D eigenvalue weighted by atomic mass is 16.3. The summed E-state index contributed by atoms with van der Waals surface area (Å²) < 4.78 is 0. The molecule has 0 heterocycles. The van der Waals surface area contributed by atoms with Crippen molar-refractivity contribution in [2.75, 3.05) is 11.9 Å². The zero-order chi connectivity index (χ0) is 21.1. The van der Waals surface area contributed by atoms with Gasteiger partial charge < -0.3 is 10.4 Å². The topological polar surface area (TPSA) is 96.9 Å². The van der Waals surface area contributed by atoms with Gasteiger partial charge in [0.25, 0.3) is 0 Å². The summed E-state index contributed by atoms with van der Waals surface area (Å²) in [7, 11) is 0. The standard InChI is InChI=1S/C25H19N3O2/c26-13-16-4-3-6-18(12-16)23-22(15-29)24(23)25(30)28-20-10-8-17(9-11-20)21-7-2-1-5-19(21)14-27/h1-12,22-24,29H,15H2,(H,28,30)/t22?,23-,24+/m0/s1. The Labute approximate surface area is 174 Å². The molecule has 1 fully saturated rings. The van der Waals surface area contributed by atoms with Gasteiger partial charge in [-0.05, 0) is 47.0 Å². The molecule has 2 N–H and O–H groups in total. The minimum Gasteiger partial charge on any atom is -0.396 e. The molecule has 1 amide bonds. The lowest BCUT2D eigenvalue weighted by Crippen LogP contribution is -2.16. The maximum absolute atomic E-state index is 12.8. The lowest BCUT2D eigenvalue weighted by Gasteiger charge is -2.08. The van der Waals surface area contributed by atoms with Crippen LogP contribution in [0.3, 0.4) is 0 Å². The average molecular weight is 393 g/mol. The second kappa shape index (κ2) is 8.21. The summed E-state index contributed by atoms with van der Waals surface area (Å²) in [5.41, 5.74) is 4.45. The van der Waals surface area contributed by atoms with E-state index < -0.39 is 0 Å². The van der Waals surface area contributed by atoms with Crippen molar-refractivity contribution in [2.24, 2.45) is 11.8 Å². The van der Waals surface area contributed by atoms with Crippen LogP contribution in [0, 0.1) is 34.5 Å². The molecular weight excluding hydrogens is 374 g/mol. The zero-order valence-corrected chi connectivity index (χ0v) is 16.1. The molecular formula is C25H19N3O2. The van der Waals surface area contributed by atoms with E-state index in [1.54, 1.807) is 24.3 Å². The number of hydrogen-bond acceptors (Lipinski definition) is 4. The second-order valence-corrected chi connectivity index (χ2v) is 7.36. The maximum atomic E-state index is 12.8. The molecule has 0 bridgehead atoms. The summed E-state index contributed by atoms with van der Waals surface area (Å²) in [6.07, 6.45) is 0. The summed E-state index contributed by atoms with van der Waals surface area (Å²) in [6, 6.07) is 26.2. The van der Waals surface area contributed by atoms with Crippen LogP contribution in [0.2, 0.25) is 0 Å². The van der Waals surface area contributed by atoms with Gasteiger partial charge in [-0.3, -0.25) is 4.79 Å². The van der Waals surface area contributed by atoms with Crippen LogP contribution in [0.25, 0.3) is 11.1 Å². The molecule has 3 aromatic rings. The van der Waals surface area contributed by atoms with Gasteiger partial charge in [-0.2, -0.15) is 10.5 Å². The highest BCUT2D eigenvalue weighted by Gasteiger charge is 2.54. The number of aliphatic hydroxyl groups excluding tert-OH is 1. The largest absolute Gasteiger partial charge is 0.396 e. The van der Waals surface area contributed by atoms with Crippen molar-refractivity contribution in [3.05, 3.63) is 89.5 Å². The van der Waals surface area contributed by atoms with Crippen LogP contribution in [0.15, 0.2) is 72.8 Å². The Kier molecular flexibility index (Phi) is 5.30. The highest BCUT2D eigenvalue weighted by Crippen LogP contribution is 2.54. The third kappa shape index (κ3) is 3.67. The van der Waals surface area contributed by atoms with Crippen molar-refractivity contribution in [3.63, 3.8) is 0 Å². The van der Waals surface area contributed by atoms with E-state index in [1.165, 1.54) is 0 Å². The fraction of sp³-hybridized carbons (Fsp3) is 0.160. The minimum atomic E-state index is -0.331. The third-order valence-electron chi connectivity index (χ3n) is 5.59. The fourth-order valence-electron chi connectivity index (χ4n) is 4.02. The molecule has 0 saturated heterocycles. The normalized spacial score (nSPS) is 19.4. The van der Waals surface area contributed by atoms with E-state index in [0.717, 1.165) is 16.7 Å². The first-order chi connectivity index (χ1) is 14.7. The number of aliphatic hydroxyl groups is 1. The van der Waals surface area contributed by atoms with E-state index in [1.807, 2.05) is 48.5 Å². The van der Waals surface area contributed by atoms with Crippen LogP contribution in [-0.4, -0.2) is 17.6 Å². The van der Waals surface area contributed by atoms with Gasteiger partial charge in [0.15, 0.2) is 0 Å². The molecule has 3 atom stereocenters. The van der Waals surface area contributed by atoms with Crippen molar-refractivity contribution in [1.29, 1.82) is 10.5 Å². The Balaban J connectivity index is 1.49. The Morgan fingerprint density at radius 3 is 2.43 bits per heavy atom. The number of anilines is 1. The lowest BCUT2D eigenvalue weighted by atomic mass is 10.0. The van der Waals surface area contributed by atoms with Gasteiger partial charge in [0.2, 0.25) is 5.91 Å². The first-order valence-electron chi connectivity index (χ1n) is 9.67. The first-order valence-corrected chi connectivity index (χ1v) is 9.67. The average Bonchev–Trinajstić information content (AvgIpc) is 3.54. The number of carbonyl (C=O) groups excluding carboxylic acids is 1. The quantitative estimate of drug-likeness (QED) is 0.683. The van der Waals surface area contributed by atoms with Crippen molar-refractivity contribution in [3.8, 4) is 23.3 Å². The molecule has 5 heteroatoms. The second-order valence-electron chi connectivity index (χ2n) is 7.36. The molecule has 3 aromatic carbocycles. The van der Waals surface area contributed by atoms with Gasteiger partial charge >= 0.3 is 0 Å². The van der Waals surface area contributed by atoms with Crippen LogP contribution in [0.4, 0.5) is 5.69 Å². The molecule has 1 aliphatic carbocycles. The van der Waals surface area contributed by atoms with Gasteiger partial charge in [0.1, 0.15) is 0 Å². The molecule has 5 nitrogen and oxygen atoms in total. The number of benzene rings is 3. The first kappa shape index (κ1) is 19.4.